The Morgan fingerprint density at radius 1 is 1.19 bits per heavy atom. The fourth-order valence-electron chi connectivity index (χ4n) is 4.25. The highest BCUT2D eigenvalue weighted by atomic mass is 16.2. The minimum absolute atomic E-state index is 0.109. The van der Waals surface area contributed by atoms with Gasteiger partial charge in [-0.2, -0.15) is 0 Å². The number of fused-ring (bicyclic) bond motifs is 1. The zero-order valence-electron chi connectivity index (χ0n) is 16.0. The fourth-order valence-corrected chi connectivity index (χ4v) is 4.25. The molecule has 0 bridgehead atoms. The minimum Gasteiger partial charge on any atom is -0.336 e. The Kier molecular flexibility index (Phi) is 5.02. The maximum absolute atomic E-state index is 12.7. The van der Waals surface area contributed by atoms with Gasteiger partial charge in [0.05, 0.1) is 18.3 Å². The summed E-state index contributed by atoms with van der Waals surface area (Å²) in [6.07, 6.45) is 6.70. The van der Waals surface area contributed by atoms with Gasteiger partial charge in [-0.1, -0.05) is 6.92 Å². The average Bonchev–Trinajstić information content (AvgIpc) is 3.52. The van der Waals surface area contributed by atoms with E-state index in [0.29, 0.717) is 43.0 Å². The van der Waals surface area contributed by atoms with E-state index >= 15 is 0 Å². The number of H-pyrrole nitrogens is 1. The van der Waals surface area contributed by atoms with Crippen molar-refractivity contribution in [2.24, 2.45) is 5.92 Å². The lowest BCUT2D eigenvalue weighted by Gasteiger charge is -2.36. The van der Waals surface area contributed by atoms with Crippen LogP contribution in [0.25, 0.3) is 0 Å². The molecule has 7 heteroatoms. The van der Waals surface area contributed by atoms with E-state index in [1.807, 2.05) is 11.8 Å². The quantitative estimate of drug-likeness (QED) is 0.875. The summed E-state index contributed by atoms with van der Waals surface area (Å²) in [6, 6.07) is -0.147. The van der Waals surface area contributed by atoms with Gasteiger partial charge in [0.15, 0.2) is 0 Å². The van der Waals surface area contributed by atoms with Crippen molar-refractivity contribution in [2.75, 3.05) is 13.1 Å². The molecule has 1 aromatic heterocycles. The first kappa shape index (κ1) is 18.2. The summed E-state index contributed by atoms with van der Waals surface area (Å²) in [5, 5.41) is 0. The molecule has 3 heterocycles. The van der Waals surface area contributed by atoms with Crippen LogP contribution in [0.2, 0.25) is 0 Å². The molecule has 1 N–H and O–H groups in total. The number of carbonyl (C=O) groups excluding carboxylic acids is 2. The van der Waals surface area contributed by atoms with Crippen molar-refractivity contribution in [3.05, 3.63) is 27.4 Å². The van der Waals surface area contributed by atoms with E-state index < -0.39 is 0 Å². The molecule has 3 aliphatic rings. The van der Waals surface area contributed by atoms with E-state index in [2.05, 4.69) is 4.98 Å². The largest absolute Gasteiger partial charge is 0.336 e. The molecule has 1 saturated carbocycles. The van der Waals surface area contributed by atoms with E-state index in [0.717, 1.165) is 45.1 Å². The predicted molar refractivity (Wildman–Crippen MR) is 99.9 cm³/mol. The number of nitrogens with zero attached hydrogens (tertiary/aromatic N) is 3. The zero-order valence-corrected chi connectivity index (χ0v) is 16.0. The average molecular weight is 372 g/mol. The van der Waals surface area contributed by atoms with Gasteiger partial charge in [0.2, 0.25) is 11.8 Å². The number of hydrogen-bond acceptors (Lipinski definition) is 4. The normalized spacial score (nSPS) is 22.5. The number of hydrogen-bond donors (Lipinski definition) is 1. The summed E-state index contributed by atoms with van der Waals surface area (Å²) in [6.45, 7) is 3.70. The van der Waals surface area contributed by atoms with Crippen molar-refractivity contribution in [1.82, 2.24) is 19.8 Å². The van der Waals surface area contributed by atoms with E-state index in [4.69, 9.17) is 4.98 Å². The molecule has 27 heavy (non-hydrogen) atoms. The highest BCUT2D eigenvalue weighted by molar-refractivity contribution is 5.81. The van der Waals surface area contributed by atoms with E-state index in [-0.39, 0.29) is 29.3 Å². The van der Waals surface area contributed by atoms with E-state index in [1.165, 1.54) is 0 Å². The molecule has 1 aromatic rings. The third kappa shape index (κ3) is 3.64. The highest BCUT2D eigenvalue weighted by Crippen LogP contribution is 2.37. The molecule has 0 unspecified atom stereocenters. The van der Waals surface area contributed by atoms with E-state index in [1.54, 1.807) is 4.90 Å². The third-order valence-corrected chi connectivity index (χ3v) is 5.94. The van der Waals surface area contributed by atoms with Crippen molar-refractivity contribution in [3.8, 4) is 0 Å². The SMILES string of the molecule is CCCC(=O)N1CCc2c(nc([C@H]3CCCCN3C(=O)C3CC3)[nH]c2=O)C1. The molecule has 2 fully saturated rings. The van der Waals surface area contributed by atoms with Gasteiger partial charge < -0.3 is 14.8 Å². The Morgan fingerprint density at radius 3 is 2.74 bits per heavy atom. The van der Waals surface area contributed by atoms with Crippen LogP contribution in [0.5, 0.6) is 0 Å². The smallest absolute Gasteiger partial charge is 0.254 e. The van der Waals surface area contributed by atoms with Crippen LogP contribution < -0.4 is 5.56 Å². The van der Waals surface area contributed by atoms with Crippen LogP contribution in [0.4, 0.5) is 0 Å². The second-order valence-corrected chi connectivity index (χ2v) is 8.01. The Hall–Kier alpha value is -2.18. The number of piperidine rings is 1. The van der Waals surface area contributed by atoms with Crippen molar-refractivity contribution in [2.45, 2.75) is 70.9 Å². The fraction of sp³-hybridized carbons (Fsp3) is 0.700. The number of nitrogens with one attached hydrogen (secondary N) is 1. The second kappa shape index (κ2) is 7.44. The van der Waals surface area contributed by atoms with E-state index in [9.17, 15) is 14.4 Å². The topological polar surface area (TPSA) is 86.4 Å². The Balaban J connectivity index is 1.61. The molecule has 0 spiro atoms. The summed E-state index contributed by atoms with van der Waals surface area (Å²) >= 11 is 0. The molecule has 2 aliphatic heterocycles. The lowest BCUT2D eigenvalue weighted by Crippen LogP contribution is -2.43. The Labute approximate surface area is 159 Å². The van der Waals surface area contributed by atoms with Crippen LogP contribution >= 0.6 is 0 Å². The Morgan fingerprint density at radius 2 is 2.00 bits per heavy atom. The Bertz CT molecular complexity index is 799. The molecule has 2 amide bonds. The summed E-state index contributed by atoms with van der Waals surface area (Å²) < 4.78 is 0. The second-order valence-electron chi connectivity index (χ2n) is 8.01. The van der Waals surface area contributed by atoms with Crippen molar-refractivity contribution in [1.29, 1.82) is 0 Å². The molecular weight excluding hydrogens is 344 g/mol. The minimum atomic E-state index is -0.147. The van der Waals surface area contributed by atoms with Gasteiger partial charge in [-0.05, 0) is 44.9 Å². The van der Waals surface area contributed by atoms with Crippen LogP contribution in [0, 0.1) is 5.92 Å². The molecule has 0 aromatic carbocycles. The van der Waals surface area contributed by atoms with Crippen molar-refractivity contribution < 1.29 is 9.59 Å². The monoisotopic (exact) mass is 372 g/mol. The molecule has 0 radical (unpaired) electrons. The van der Waals surface area contributed by atoms with Crippen molar-refractivity contribution in [3.63, 3.8) is 0 Å². The zero-order chi connectivity index (χ0) is 19.0. The summed E-state index contributed by atoms with van der Waals surface area (Å²) in [5.74, 6) is 1.09. The molecular formula is C20H28N4O3. The van der Waals surface area contributed by atoms with Crippen LogP contribution in [0.1, 0.15) is 75.0 Å². The predicted octanol–water partition coefficient (Wildman–Crippen LogP) is 1.92. The van der Waals surface area contributed by atoms with Gasteiger partial charge in [0.1, 0.15) is 5.82 Å². The van der Waals surface area contributed by atoms with Gasteiger partial charge in [0.25, 0.3) is 5.56 Å². The van der Waals surface area contributed by atoms with Gasteiger partial charge in [-0.25, -0.2) is 4.98 Å². The van der Waals surface area contributed by atoms with Crippen LogP contribution in [0.15, 0.2) is 4.79 Å². The third-order valence-electron chi connectivity index (χ3n) is 5.94. The number of amides is 2. The summed E-state index contributed by atoms with van der Waals surface area (Å²) in [7, 11) is 0. The number of aromatic amines is 1. The van der Waals surface area contributed by atoms with Gasteiger partial charge >= 0.3 is 0 Å². The standard InChI is InChI=1S/C20H28N4O3/c1-2-5-17(25)23-11-9-14-15(12-23)21-18(22-19(14)26)16-6-3-4-10-24(16)20(27)13-7-8-13/h13,16H,2-12H2,1H3,(H,21,22,26)/t16-/m1/s1. The molecule has 7 nitrogen and oxygen atoms in total. The van der Waals surface area contributed by atoms with Crippen LogP contribution in [-0.2, 0) is 22.6 Å². The van der Waals surface area contributed by atoms with Crippen LogP contribution in [0.3, 0.4) is 0 Å². The van der Waals surface area contributed by atoms with Gasteiger partial charge in [0, 0.05) is 31.0 Å². The first-order chi connectivity index (χ1) is 13.1. The summed E-state index contributed by atoms with van der Waals surface area (Å²) in [4.78, 5) is 49.0. The molecule has 1 aliphatic carbocycles. The lowest BCUT2D eigenvalue weighted by atomic mass is 9.99. The van der Waals surface area contributed by atoms with Crippen molar-refractivity contribution >= 4 is 11.8 Å². The maximum Gasteiger partial charge on any atom is 0.254 e. The summed E-state index contributed by atoms with van der Waals surface area (Å²) in [5.41, 5.74) is 1.28. The number of carbonyl (C=O) groups is 2. The maximum atomic E-state index is 12.7. The molecule has 4 rings (SSSR count). The van der Waals surface area contributed by atoms with Gasteiger partial charge in [-0.15, -0.1) is 0 Å². The van der Waals surface area contributed by atoms with Gasteiger partial charge in [-0.3, -0.25) is 14.4 Å². The molecule has 1 atom stereocenters. The lowest BCUT2D eigenvalue weighted by molar-refractivity contribution is -0.136. The molecule has 146 valence electrons. The molecule has 1 saturated heterocycles. The first-order valence-corrected chi connectivity index (χ1v) is 10.3. The number of likely N-dealkylation sites (tertiary alicyclic amines) is 1. The number of rotatable bonds is 4. The van der Waals surface area contributed by atoms with Crippen LogP contribution in [-0.4, -0.2) is 44.7 Å². The first-order valence-electron chi connectivity index (χ1n) is 10.3. The number of aromatic nitrogens is 2. The highest BCUT2D eigenvalue weighted by Gasteiger charge is 2.39.